The molecule has 1 aromatic rings. The van der Waals surface area contributed by atoms with Crippen LogP contribution in [0.25, 0.3) is 0 Å². The largest absolute Gasteiger partial charge is 0.379 e. The summed E-state index contributed by atoms with van der Waals surface area (Å²) in [5, 5.41) is 0. The van der Waals surface area contributed by atoms with Crippen molar-refractivity contribution < 1.29 is 22.7 Å². The Balaban J connectivity index is 1.42. The SMILES string of the molecule is O=C(c1ccccc1S(=O)(=O)N1CCOCC1)N1CCC(CN2CCOCC2)CC1. The fourth-order valence-electron chi connectivity index (χ4n) is 4.43. The number of carbonyl (C=O) groups excluding carboxylic acids is 1. The Morgan fingerprint density at radius 1 is 0.900 bits per heavy atom. The molecule has 4 rings (SSSR count). The van der Waals surface area contributed by atoms with Crippen LogP contribution in [-0.4, -0.2) is 101 Å². The van der Waals surface area contributed by atoms with Crippen LogP contribution in [0.15, 0.2) is 29.2 Å². The van der Waals surface area contributed by atoms with Gasteiger partial charge in [0.05, 0.1) is 36.9 Å². The van der Waals surface area contributed by atoms with Gasteiger partial charge in [-0.05, 0) is 30.9 Å². The minimum absolute atomic E-state index is 0.104. The Hall–Kier alpha value is -1.52. The van der Waals surface area contributed by atoms with Gasteiger partial charge in [0, 0.05) is 45.8 Å². The predicted octanol–water partition coefficient (Wildman–Crippen LogP) is 0.892. The van der Waals surface area contributed by atoms with E-state index in [4.69, 9.17) is 9.47 Å². The first-order valence-corrected chi connectivity index (χ1v) is 12.3. The molecule has 0 aromatic heterocycles. The standard InChI is InChI=1S/C21H31N3O5S/c25-21(23-7-5-18(6-8-23)17-22-9-13-28-14-10-22)19-3-1-2-4-20(19)30(26,27)24-11-15-29-16-12-24/h1-4,18H,5-17H2. The van der Waals surface area contributed by atoms with Crippen molar-refractivity contribution >= 4 is 15.9 Å². The molecule has 30 heavy (non-hydrogen) atoms. The molecule has 8 nitrogen and oxygen atoms in total. The van der Waals surface area contributed by atoms with Crippen LogP contribution in [0.2, 0.25) is 0 Å². The second-order valence-corrected chi connectivity index (χ2v) is 10.1. The highest BCUT2D eigenvalue weighted by Gasteiger charge is 2.32. The number of morpholine rings is 2. The van der Waals surface area contributed by atoms with Crippen molar-refractivity contribution in [3.05, 3.63) is 29.8 Å². The van der Waals surface area contributed by atoms with Crippen LogP contribution in [0.5, 0.6) is 0 Å². The number of hydrogen-bond acceptors (Lipinski definition) is 6. The maximum absolute atomic E-state index is 13.2. The summed E-state index contributed by atoms with van der Waals surface area (Å²) in [5.74, 6) is 0.381. The maximum Gasteiger partial charge on any atom is 0.255 e. The maximum atomic E-state index is 13.2. The lowest BCUT2D eigenvalue weighted by molar-refractivity contribution is 0.0242. The van der Waals surface area contributed by atoms with Gasteiger partial charge in [0.2, 0.25) is 10.0 Å². The highest BCUT2D eigenvalue weighted by molar-refractivity contribution is 7.89. The fourth-order valence-corrected chi connectivity index (χ4v) is 6.02. The van der Waals surface area contributed by atoms with Gasteiger partial charge in [-0.25, -0.2) is 8.42 Å². The van der Waals surface area contributed by atoms with E-state index >= 15 is 0 Å². The van der Waals surface area contributed by atoms with Gasteiger partial charge in [-0.3, -0.25) is 9.69 Å². The van der Waals surface area contributed by atoms with E-state index in [1.807, 2.05) is 4.90 Å². The van der Waals surface area contributed by atoms with E-state index in [1.165, 1.54) is 4.31 Å². The molecule has 0 atom stereocenters. The van der Waals surface area contributed by atoms with Crippen molar-refractivity contribution in [3.8, 4) is 0 Å². The molecule has 3 fully saturated rings. The topological polar surface area (TPSA) is 79.4 Å². The smallest absolute Gasteiger partial charge is 0.255 e. The number of benzene rings is 1. The molecule has 1 aromatic carbocycles. The summed E-state index contributed by atoms with van der Waals surface area (Å²) in [6.07, 6.45) is 1.89. The number of hydrogen-bond donors (Lipinski definition) is 0. The summed E-state index contributed by atoms with van der Waals surface area (Å²) in [5.41, 5.74) is 0.274. The van der Waals surface area contributed by atoms with Crippen molar-refractivity contribution in [2.24, 2.45) is 5.92 Å². The highest BCUT2D eigenvalue weighted by atomic mass is 32.2. The molecule has 0 N–H and O–H groups in total. The summed E-state index contributed by atoms with van der Waals surface area (Å²) in [6, 6.07) is 6.59. The molecule has 0 aliphatic carbocycles. The van der Waals surface area contributed by atoms with Gasteiger partial charge >= 0.3 is 0 Å². The highest BCUT2D eigenvalue weighted by Crippen LogP contribution is 2.25. The Morgan fingerprint density at radius 2 is 1.50 bits per heavy atom. The summed E-state index contributed by atoms with van der Waals surface area (Å²) < 4.78 is 38.4. The molecule has 0 bridgehead atoms. The molecule has 3 heterocycles. The number of amides is 1. The molecule has 0 radical (unpaired) electrons. The van der Waals surface area contributed by atoms with E-state index in [9.17, 15) is 13.2 Å². The van der Waals surface area contributed by atoms with Crippen LogP contribution in [0, 0.1) is 5.92 Å². The second kappa shape index (κ2) is 9.74. The normalized spacial score (nSPS) is 22.9. The molecule has 9 heteroatoms. The molecular formula is C21H31N3O5S. The first-order chi connectivity index (χ1) is 14.6. The summed E-state index contributed by atoms with van der Waals surface area (Å²) >= 11 is 0. The minimum atomic E-state index is -3.72. The van der Waals surface area contributed by atoms with Crippen molar-refractivity contribution in [2.75, 3.05) is 72.2 Å². The Labute approximate surface area is 178 Å². The van der Waals surface area contributed by atoms with Crippen LogP contribution < -0.4 is 0 Å². The van der Waals surface area contributed by atoms with Crippen molar-refractivity contribution in [3.63, 3.8) is 0 Å². The first-order valence-electron chi connectivity index (χ1n) is 10.8. The van der Waals surface area contributed by atoms with E-state index < -0.39 is 10.0 Å². The number of sulfonamides is 1. The lowest BCUT2D eigenvalue weighted by Gasteiger charge is -2.36. The Kier molecular flexibility index (Phi) is 7.05. The molecule has 166 valence electrons. The van der Waals surface area contributed by atoms with Gasteiger partial charge in [-0.1, -0.05) is 12.1 Å². The number of piperidine rings is 1. The number of likely N-dealkylation sites (tertiary alicyclic amines) is 1. The van der Waals surface area contributed by atoms with Gasteiger partial charge in [0.25, 0.3) is 5.91 Å². The van der Waals surface area contributed by atoms with E-state index in [0.717, 1.165) is 45.7 Å². The molecule has 3 saturated heterocycles. The Bertz CT molecular complexity index is 827. The number of carbonyl (C=O) groups is 1. The number of nitrogens with zero attached hydrogens (tertiary/aromatic N) is 3. The average molecular weight is 438 g/mol. The third kappa shape index (κ3) is 4.86. The molecular weight excluding hydrogens is 406 g/mol. The first kappa shape index (κ1) is 21.7. The zero-order valence-corrected chi connectivity index (χ0v) is 18.2. The molecule has 1 amide bonds. The van der Waals surface area contributed by atoms with Crippen LogP contribution in [0.4, 0.5) is 0 Å². The van der Waals surface area contributed by atoms with Crippen molar-refractivity contribution in [1.82, 2.24) is 14.1 Å². The lowest BCUT2D eigenvalue weighted by atomic mass is 9.95. The third-order valence-electron chi connectivity index (χ3n) is 6.23. The van der Waals surface area contributed by atoms with Gasteiger partial charge in [-0.15, -0.1) is 0 Å². The van der Waals surface area contributed by atoms with Crippen LogP contribution in [0.1, 0.15) is 23.2 Å². The minimum Gasteiger partial charge on any atom is -0.379 e. The van der Waals surface area contributed by atoms with E-state index in [2.05, 4.69) is 4.90 Å². The molecule has 0 spiro atoms. The third-order valence-corrected chi connectivity index (χ3v) is 8.18. The average Bonchev–Trinajstić information content (AvgIpc) is 2.80. The quantitative estimate of drug-likeness (QED) is 0.681. The van der Waals surface area contributed by atoms with E-state index in [1.54, 1.807) is 24.3 Å². The molecule has 0 unspecified atom stereocenters. The molecule has 0 saturated carbocycles. The summed E-state index contributed by atoms with van der Waals surface area (Å²) in [4.78, 5) is 17.6. The summed E-state index contributed by atoms with van der Waals surface area (Å²) in [7, 11) is -3.72. The van der Waals surface area contributed by atoms with Gasteiger partial charge in [0.1, 0.15) is 0 Å². The van der Waals surface area contributed by atoms with Crippen LogP contribution in [-0.2, 0) is 19.5 Å². The fraction of sp³-hybridized carbons (Fsp3) is 0.667. The number of ether oxygens (including phenoxy) is 2. The van der Waals surface area contributed by atoms with Crippen molar-refractivity contribution in [2.45, 2.75) is 17.7 Å². The zero-order valence-electron chi connectivity index (χ0n) is 17.4. The Morgan fingerprint density at radius 3 is 2.17 bits per heavy atom. The molecule has 3 aliphatic heterocycles. The monoisotopic (exact) mass is 437 g/mol. The van der Waals surface area contributed by atoms with Crippen LogP contribution >= 0.6 is 0 Å². The van der Waals surface area contributed by atoms with E-state index in [0.29, 0.717) is 45.3 Å². The zero-order chi connectivity index (χ0) is 21.0. The van der Waals surface area contributed by atoms with Gasteiger partial charge < -0.3 is 14.4 Å². The van der Waals surface area contributed by atoms with Gasteiger partial charge in [0.15, 0.2) is 0 Å². The number of rotatable bonds is 5. The summed E-state index contributed by atoms with van der Waals surface area (Å²) in [6.45, 7) is 7.33. The molecule has 3 aliphatic rings. The second-order valence-electron chi connectivity index (χ2n) is 8.16. The van der Waals surface area contributed by atoms with Gasteiger partial charge in [-0.2, -0.15) is 4.31 Å². The predicted molar refractivity (Wildman–Crippen MR) is 112 cm³/mol. The lowest BCUT2D eigenvalue weighted by Crippen LogP contribution is -2.45. The van der Waals surface area contributed by atoms with E-state index in [-0.39, 0.29) is 16.4 Å². The van der Waals surface area contributed by atoms with Crippen LogP contribution in [0.3, 0.4) is 0 Å². The van der Waals surface area contributed by atoms with Crippen molar-refractivity contribution in [1.29, 1.82) is 0 Å².